The molecule has 3 aromatic carbocycles. The van der Waals surface area contributed by atoms with Crippen LogP contribution in [0.5, 0.6) is 0 Å². The average molecular weight is 397 g/mol. The maximum absolute atomic E-state index is 3.53. The second-order valence-electron chi connectivity index (χ2n) is 7.53. The van der Waals surface area contributed by atoms with Crippen molar-refractivity contribution in [1.82, 2.24) is 0 Å². The largest absolute Gasteiger partial charge is 0.388 e. The predicted molar refractivity (Wildman–Crippen MR) is 127 cm³/mol. The summed E-state index contributed by atoms with van der Waals surface area (Å²) in [4.78, 5) is 7.04. The SMILES string of the molecule is CNc1ccc(Nc2ccc([NH+]=C3C=CC(=[NH+]c4ccc(C)cc4)CC3)cc2)cc1. The summed E-state index contributed by atoms with van der Waals surface area (Å²) in [7, 11) is 1.92. The molecule has 0 saturated heterocycles. The van der Waals surface area contributed by atoms with Gasteiger partial charge in [-0.3, -0.25) is 0 Å². The lowest BCUT2D eigenvalue weighted by atomic mass is 10.0. The van der Waals surface area contributed by atoms with Crippen LogP contribution in [0.4, 0.5) is 28.4 Å². The monoisotopic (exact) mass is 396 g/mol. The minimum absolute atomic E-state index is 0.989. The first-order valence-electron chi connectivity index (χ1n) is 10.3. The van der Waals surface area contributed by atoms with Gasteiger partial charge in [0.25, 0.3) is 0 Å². The van der Waals surface area contributed by atoms with Crippen LogP contribution in [0.3, 0.4) is 0 Å². The van der Waals surface area contributed by atoms with Crippen molar-refractivity contribution in [2.24, 2.45) is 0 Å². The molecule has 4 heteroatoms. The molecular weight excluding hydrogens is 368 g/mol. The lowest BCUT2D eigenvalue weighted by Gasteiger charge is -2.07. The van der Waals surface area contributed by atoms with Crippen molar-refractivity contribution in [2.75, 3.05) is 17.7 Å². The highest BCUT2D eigenvalue weighted by Crippen LogP contribution is 2.19. The van der Waals surface area contributed by atoms with Crippen molar-refractivity contribution >= 4 is 39.9 Å². The van der Waals surface area contributed by atoms with Crippen LogP contribution in [0.2, 0.25) is 0 Å². The number of nitrogens with one attached hydrogen (secondary N) is 4. The first-order valence-corrected chi connectivity index (χ1v) is 10.3. The van der Waals surface area contributed by atoms with Crippen molar-refractivity contribution < 1.29 is 9.98 Å². The normalized spacial score (nSPS) is 16.1. The Labute approximate surface area is 178 Å². The average Bonchev–Trinajstić information content (AvgIpc) is 2.78. The molecule has 0 aliphatic heterocycles. The van der Waals surface area contributed by atoms with Gasteiger partial charge in [-0.25, -0.2) is 9.98 Å². The summed E-state index contributed by atoms with van der Waals surface area (Å²) in [6.07, 6.45) is 6.31. The van der Waals surface area contributed by atoms with Crippen molar-refractivity contribution in [3.63, 3.8) is 0 Å². The van der Waals surface area contributed by atoms with Crippen molar-refractivity contribution in [3.8, 4) is 0 Å². The Kier molecular flexibility index (Phi) is 6.04. The fourth-order valence-electron chi connectivity index (χ4n) is 3.38. The molecule has 150 valence electrons. The van der Waals surface area contributed by atoms with Gasteiger partial charge in [0.2, 0.25) is 11.4 Å². The molecule has 4 nitrogen and oxygen atoms in total. The van der Waals surface area contributed by atoms with Crippen molar-refractivity contribution in [2.45, 2.75) is 19.8 Å². The van der Waals surface area contributed by atoms with Gasteiger partial charge in [-0.1, -0.05) is 17.7 Å². The summed E-state index contributed by atoms with van der Waals surface area (Å²) in [6, 6.07) is 25.2. The maximum atomic E-state index is 3.53. The molecule has 30 heavy (non-hydrogen) atoms. The molecule has 0 radical (unpaired) electrons. The third kappa shape index (κ3) is 5.23. The van der Waals surface area contributed by atoms with Crippen LogP contribution in [0.25, 0.3) is 0 Å². The van der Waals surface area contributed by atoms with E-state index < -0.39 is 0 Å². The molecule has 0 bridgehead atoms. The highest BCUT2D eigenvalue weighted by atomic mass is 14.9. The van der Waals surface area contributed by atoms with Gasteiger partial charge in [0.15, 0.2) is 11.4 Å². The van der Waals surface area contributed by atoms with E-state index in [1.807, 2.05) is 7.05 Å². The third-order valence-electron chi connectivity index (χ3n) is 5.16. The van der Waals surface area contributed by atoms with E-state index in [1.54, 1.807) is 0 Å². The van der Waals surface area contributed by atoms with Crippen LogP contribution in [0.15, 0.2) is 84.9 Å². The Morgan fingerprint density at radius 1 is 0.600 bits per heavy atom. The molecule has 3 aromatic rings. The number of aryl methyl sites for hydroxylation is 1. The minimum atomic E-state index is 0.989. The van der Waals surface area contributed by atoms with Gasteiger partial charge in [-0.15, -0.1) is 0 Å². The van der Waals surface area contributed by atoms with Gasteiger partial charge in [0, 0.05) is 73.4 Å². The van der Waals surface area contributed by atoms with E-state index in [0.29, 0.717) is 0 Å². The van der Waals surface area contributed by atoms with E-state index in [9.17, 15) is 0 Å². The summed E-state index contributed by atoms with van der Waals surface area (Å²) < 4.78 is 0. The smallest absolute Gasteiger partial charge is 0.203 e. The number of allylic oxidation sites excluding steroid dienone is 2. The van der Waals surface area contributed by atoms with E-state index in [-0.39, 0.29) is 0 Å². The zero-order valence-corrected chi connectivity index (χ0v) is 17.5. The Hall–Kier alpha value is -3.66. The van der Waals surface area contributed by atoms with Gasteiger partial charge in [-0.05, 0) is 43.3 Å². The number of hydrogen-bond donors (Lipinski definition) is 4. The summed E-state index contributed by atoms with van der Waals surface area (Å²) in [6.45, 7) is 2.11. The van der Waals surface area contributed by atoms with Crippen LogP contribution in [0, 0.1) is 6.92 Å². The van der Waals surface area contributed by atoms with Crippen molar-refractivity contribution in [3.05, 3.63) is 90.5 Å². The highest BCUT2D eigenvalue weighted by molar-refractivity contribution is 6.05. The first-order chi connectivity index (χ1) is 14.7. The van der Waals surface area contributed by atoms with Gasteiger partial charge in [-0.2, -0.15) is 0 Å². The van der Waals surface area contributed by atoms with E-state index in [2.05, 4.69) is 112 Å². The Balaban J connectivity index is 1.39. The van der Waals surface area contributed by atoms with E-state index >= 15 is 0 Å². The van der Waals surface area contributed by atoms with Gasteiger partial charge < -0.3 is 10.6 Å². The molecule has 1 aliphatic rings. The van der Waals surface area contributed by atoms with Crippen LogP contribution >= 0.6 is 0 Å². The topological polar surface area (TPSA) is 52.0 Å². The molecule has 0 unspecified atom stereocenters. The Bertz CT molecular complexity index is 1070. The van der Waals surface area contributed by atoms with E-state index in [4.69, 9.17) is 0 Å². The minimum Gasteiger partial charge on any atom is -0.388 e. The molecule has 0 aromatic heterocycles. The fraction of sp³-hybridized carbons (Fsp3) is 0.154. The lowest BCUT2D eigenvalue weighted by Crippen LogP contribution is -2.69. The van der Waals surface area contributed by atoms with Gasteiger partial charge >= 0.3 is 0 Å². The summed E-state index contributed by atoms with van der Waals surface area (Å²) >= 11 is 0. The standard InChI is InChI=1S/C26H26N4/c1-19-3-5-21(6-4-19)28-23-11-13-25(14-12-23)30-26-17-15-24(16-18-26)29-22-9-7-20(27-2)8-10-22/h3-11,13,15-18,27,29H,12,14H2,1-2H3/p+2. The molecule has 1 aliphatic carbocycles. The molecule has 0 atom stereocenters. The molecule has 4 rings (SSSR count). The Morgan fingerprint density at radius 2 is 1.03 bits per heavy atom. The van der Waals surface area contributed by atoms with Crippen LogP contribution in [-0.4, -0.2) is 18.5 Å². The summed E-state index contributed by atoms with van der Waals surface area (Å²) in [5, 5.41) is 6.56. The zero-order valence-electron chi connectivity index (χ0n) is 17.5. The number of anilines is 3. The first kappa shape index (κ1) is 19.6. The number of benzene rings is 3. The second kappa shape index (κ2) is 9.23. The second-order valence-corrected chi connectivity index (χ2v) is 7.53. The number of hydrogen-bond acceptors (Lipinski definition) is 2. The lowest BCUT2D eigenvalue weighted by molar-refractivity contribution is -0.358. The van der Waals surface area contributed by atoms with Crippen LogP contribution in [-0.2, 0) is 0 Å². The highest BCUT2D eigenvalue weighted by Gasteiger charge is 2.15. The Morgan fingerprint density at radius 3 is 1.50 bits per heavy atom. The maximum Gasteiger partial charge on any atom is 0.203 e. The molecular formula is C26H28N4+2. The molecule has 0 spiro atoms. The zero-order chi connectivity index (χ0) is 20.8. The number of rotatable bonds is 5. The van der Waals surface area contributed by atoms with Crippen LogP contribution < -0.4 is 20.6 Å². The molecule has 0 saturated carbocycles. The molecule has 0 fully saturated rings. The molecule has 4 N–H and O–H groups in total. The van der Waals surface area contributed by atoms with Gasteiger partial charge in [0.1, 0.15) is 0 Å². The quantitative estimate of drug-likeness (QED) is 0.536. The third-order valence-corrected chi connectivity index (χ3v) is 5.16. The van der Waals surface area contributed by atoms with Gasteiger partial charge in [0.05, 0.1) is 0 Å². The molecule has 0 amide bonds. The van der Waals surface area contributed by atoms with Crippen molar-refractivity contribution in [1.29, 1.82) is 0 Å². The summed E-state index contributed by atoms with van der Waals surface area (Å²) in [5.74, 6) is 0. The fourth-order valence-corrected chi connectivity index (χ4v) is 3.38. The molecule has 0 heterocycles. The summed E-state index contributed by atoms with van der Waals surface area (Å²) in [5.41, 5.74) is 9.23. The van der Waals surface area contributed by atoms with E-state index in [1.165, 1.54) is 17.0 Å². The predicted octanol–water partition coefficient (Wildman–Crippen LogP) is 3.14. The van der Waals surface area contributed by atoms with E-state index in [0.717, 1.165) is 41.3 Å². The van der Waals surface area contributed by atoms with Crippen LogP contribution in [0.1, 0.15) is 18.4 Å².